The van der Waals surface area contributed by atoms with Gasteiger partial charge >= 0.3 is 0 Å². The molecule has 1 N–H and O–H groups in total. The summed E-state index contributed by atoms with van der Waals surface area (Å²) < 4.78 is 7.41. The van der Waals surface area contributed by atoms with E-state index in [1.807, 2.05) is 54.1 Å². The van der Waals surface area contributed by atoms with Gasteiger partial charge in [-0.05, 0) is 61.6 Å². The molecule has 1 aromatic carbocycles. The summed E-state index contributed by atoms with van der Waals surface area (Å²) in [6, 6.07) is 10.7. The van der Waals surface area contributed by atoms with Crippen LogP contribution in [0.4, 0.5) is 5.69 Å². The number of aromatic nitrogens is 1. The summed E-state index contributed by atoms with van der Waals surface area (Å²) >= 11 is 0. The number of ether oxygens (including phenoxy) is 1. The number of benzene rings is 1. The van der Waals surface area contributed by atoms with E-state index in [4.69, 9.17) is 4.74 Å². The van der Waals surface area contributed by atoms with E-state index < -0.39 is 6.04 Å². The van der Waals surface area contributed by atoms with Gasteiger partial charge in [0, 0.05) is 17.9 Å². The molecule has 0 spiro atoms. The van der Waals surface area contributed by atoms with E-state index in [0.717, 1.165) is 24.3 Å². The molecule has 2 aromatic rings. The molecule has 0 unspecified atom stereocenters. The SMILES string of the molecule is CCOc1ccc(N2C(=O)Cn3cccc3[C@@H]2C(=O)N[C@@H]2CCC[C@H](C)[C@H]2C)cc1. The third-order valence-electron chi connectivity index (χ3n) is 6.69. The average Bonchev–Trinajstić information content (AvgIpc) is 3.19. The predicted molar refractivity (Wildman–Crippen MR) is 116 cm³/mol. The molecule has 4 rings (SSSR count). The van der Waals surface area contributed by atoms with Gasteiger partial charge in [0.1, 0.15) is 12.3 Å². The Morgan fingerprint density at radius 2 is 1.93 bits per heavy atom. The molecule has 2 aliphatic rings. The Hall–Kier alpha value is -2.76. The zero-order valence-electron chi connectivity index (χ0n) is 18.0. The molecule has 2 amide bonds. The summed E-state index contributed by atoms with van der Waals surface area (Å²) in [6.45, 7) is 7.22. The van der Waals surface area contributed by atoms with E-state index in [0.29, 0.717) is 24.1 Å². The number of carbonyl (C=O) groups is 2. The van der Waals surface area contributed by atoms with E-state index in [-0.39, 0.29) is 24.4 Å². The average molecular weight is 410 g/mol. The van der Waals surface area contributed by atoms with Crippen LogP contribution in [0.3, 0.4) is 0 Å². The molecule has 30 heavy (non-hydrogen) atoms. The van der Waals surface area contributed by atoms with E-state index in [1.54, 1.807) is 4.90 Å². The van der Waals surface area contributed by atoms with Crippen molar-refractivity contribution in [1.82, 2.24) is 9.88 Å². The van der Waals surface area contributed by atoms with Crippen molar-refractivity contribution in [3.05, 3.63) is 48.3 Å². The minimum atomic E-state index is -0.677. The number of anilines is 1. The summed E-state index contributed by atoms with van der Waals surface area (Å²) in [5, 5.41) is 3.28. The maximum absolute atomic E-state index is 13.5. The van der Waals surface area contributed by atoms with E-state index in [9.17, 15) is 9.59 Å². The molecular weight excluding hydrogens is 378 g/mol. The van der Waals surface area contributed by atoms with E-state index in [2.05, 4.69) is 19.2 Å². The summed E-state index contributed by atoms with van der Waals surface area (Å²) in [5.41, 5.74) is 1.55. The number of amides is 2. The van der Waals surface area contributed by atoms with Crippen LogP contribution in [-0.2, 0) is 16.1 Å². The second-order valence-electron chi connectivity index (χ2n) is 8.54. The number of nitrogens with one attached hydrogen (secondary N) is 1. The number of nitrogens with zero attached hydrogens (tertiary/aromatic N) is 2. The molecule has 160 valence electrons. The van der Waals surface area contributed by atoms with Crippen molar-refractivity contribution >= 4 is 17.5 Å². The van der Waals surface area contributed by atoms with Crippen LogP contribution in [0, 0.1) is 11.8 Å². The molecule has 6 heteroatoms. The molecule has 4 atom stereocenters. The lowest BCUT2D eigenvalue weighted by atomic mass is 9.78. The topological polar surface area (TPSA) is 63.6 Å². The van der Waals surface area contributed by atoms with E-state index >= 15 is 0 Å². The molecule has 1 aliphatic heterocycles. The zero-order valence-corrected chi connectivity index (χ0v) is 18.0. The quantitative estimate of drug-likeness (QED) is 0.814. The van der Waals surface area contributed by atoms with Crippen molar-refractivity contribution in [1.29, 1.82) is 0 Å². The lowest BCUT2D eigenvalue weighted by molar-refractivity contribution is -0.129. The Balaban J connectivity index is 1.64. The third kappa shape index (κ3) is 3.83. The molecule has 1 saturated carbocycles. The van der Waals surface area contributed by atoms with Gasteiger partial charge in [-0.1, -0.05) is 26.7 Å². The van der Waals surface area contributed by atoms with Crippen LogP contribution >= 0.6 is 0 Å². The first kappa shape index (κ1) is 20.5. The molecule has 1 aromatic heterocycles. The minimum Gasteiger partial charge on any atom is -0.494 e. The van der Waals surface area contributed by atoms with Gasteiger partial charge in [0.05, 0.1) is 12.3 Å². The monoisotopic (exact) mass is 409 g/mol. The lowest BCUT2D eigenvalue weighted by Crippen LogP contribution is -2.53. The highest BCUT2D eigenvalue weighted by Crippen LogP contribution is 2.35. The standard InChI is InChI=1S/C24H31N3O3/c1-4-30-19-12-10-18(11-13-19)27-22(28)15-26-14-6-9-21(26)23(27)24(29)25-20-8-5-7-16(2)17(20)3/h6,9-14,16-17,20,23H,4-5,7-8,15H2,1-3H3,(H,25,29)/t16-,17+,20+,23+/m0/s1. The van der Waals surface area contributed by atoms with Crippen molar-refractivity contribution in [3.63, 3.8) is 0 Å². The van der Waals surface area contributed by atoms with Crippen LogP contribution in [-0.4, -0.2) is 29.0 Å². The number of rotatable bonds is 5. The van der Waals surface area contributed by atoms with Crippen molar-refractivity contribution in [3.8, 4) is 5.75 Å². The van der Waals surface area contributed by atoms with Crippen LogP contribution in [0.1, 0.15) is 51.8 Å². The second kappa shape index (κ2) is 8.54. The van der Waals surface area contributed by atoms with Crippen LogP contribution in [0.5, 0.6) is 5.75 Å². The number of fused-ring (bicyclic) bond motifs is 1. The highest BCUT2D eigenvalue weighted by Gasteiger charge is 2.40. The largest absolute Gasteiger partial charge is 0.494 e. The summed E-state index contributed by atoms with van der Waals surface area (Å²) in [6.07, 6.45) is 5.19. The molecule has 1 aliphatic carbocycles. The van der Waals surface area contributed by atoms with Gasteiger partial charge in [0.2, 0.25) is 11.8 Å². The predicted octanol–water partition coefficient (Wildman–Crippen LogP) is 3.92. The summed E-state index contributed by atoms with van der Waals surface area (Å²) in [4.78, 5) is 28.3. The van der Waals surface area contributed by atoms with Crippen molar-refractivity contribution in [2.75, 3.05) is 11.5 Å². The van der Waals surface area contributed by atoms with Gasteiger partial charge < -0.3 is 14.6 Å². The Labute approximate surface area is 178 Å². The normalized spacial score (nSPS) is 26.2. The van der Waals surface area contributed by atoms with Crippen LogP contribution in [0.25, 0.3) is 0 Å². The first-order valence-electron chi connectivity index (χ1n) is 11.0. The molecule has 0 bridgehead atoms. The first-order chi connectivity index (χ1) is 14.5. The van der Waals surface area contributed by atoms with Gasteiger partial charge in [-0.15, -0.1) is 0 Å². The van der Waals surface area contributed by atoms with Crippen molar-refractivity contribution in [2.45, 2.75) is 58.7 Å². The third-order valence-corrected chi connectivity index (χ3v) is 6.69. The highest BCUT2D eigenvalue weighted by atomic mass is 16.5. The molecule has 6 nitrogen and oxygen atoms in total. The Morgan fingerprint density at radius 3 is 2.67 bits per heavy atom. The zero-order chi connectivity index (χ0) is 21.3. The fourth-order valence-corrected chi connectivity index (χ4v) is 4.78. The number of carbonyl (C=O) groups excluding carboxylic acids is 2. The van der Waals surface area contributed by atoms with Crippen LogP contribution in [0.2, 0.25) is 0 Å². The minimum absolute atomic E-state index is 0.0897. The molecule has 2 heterocycles. The van der Waals surface area contributed by atoms with Crippen LogP contribution in [0.15, 0.2) is 42.6 Å². The molecule has 1 fully saturated rings. The second-order valence-corrected chi connectivity index (χ2v) is 8.54. The van der Waals surface area contributed by atoms with Gasteiger partial charge in [0.15, 0.2) is 6.04 Å². The Kier molecular flexibility index (Phi) is 5.84. The molecule has 0 radical (unpaired) electrons. The molecule has 0 saturated heterocycles. The highest BCUT2D eigenvalue weighted by molar-refractivity contribution is 6.02. The summed E-state index contributed by atoms with van der Waals surface area (Å²) in [7, 11) is 0. The van der Waals surface area contributed by atoms with Gasteiger partial charge in [-0.25, -0.2) is 0 Å². The van der Waals surface area contributed by atoms with E-state index in [1.165, 1.54) is 6.42 Å². The van der Waals surface area contributed by atoms with Gasteiger partial charge in [-0.3, -0.25) is 14.5 Å². The Morgan fingerprint density at radius 1 is 1.17 bits per heavy atom. The Bertz CT molecular complexity index is 905. The number of hydrogen-bond acceptors (Lipinski definition) is 3. The molecular formula is C24H31N3O3. The fourth-order valence-electron chi connectivity index (χ4n) is 4.78. The maximum atomic E-state index is 13.5. The van der Waals surface area contributed by atoms with Crippen molar-refractivity contribution < 1.29 is 14.3 Å². The lowest BCUT2D eigenvalue weighted by Gasteiger charge is -2.39. The van der Waals surface area contributed by atoms with Crippen molar-refractivity contribution in [2.24, 2.45) is 11.8 Å². The smallest absolute Gasteiger partial charge is 0.249 e. The summed E-state index contributed by atoms with van der Waals surface area (Å²) in [5.74, 6) is 1.56. The van der Waals surface area contributed by atoms with Crippen LogP contribution < -0.4 is 15.0 Å². The van der Waals surface area contributed by atoms with Gasteiger partial charge in [0.25, 0.3) is 0 Å². The number of hydrogen-bond donors (Lipinski definition) is 1. The van der Waals surface area contributed by atoms with Gasteiger partial charge in [-0.2, -0.15) is 0 Å². The fraction of sp³-hybridized carbons (Fsp3) is 0.500. The first-order valence-corrected chi connectivity index (χ1v) is 11.0. The maximum Gasteiger partial charge on any atom is 0.249 e.